The van der Waals surface area contributed by atoms with Crippen LogP contribution in [-0.4, -0.2) is 33.7 Å². The first-order valence-electron chi connectivity index (χ1n) is 6.50. The highest BCUT2D eigenvalue weighted by atomic mass is 19.4. The molecular formula is C13H15F3N2O5. The smallest absolute Gasteiger partial charge is 0.390 e. The summed E-state index contributed by atoms with van der Waals surface area (Å²) in [6.07, 6.45) is -8.14. The van der Waals surface area contributed by atoms with Gasteiger partial charge in [-0.05, 0) is 18.6 Å². The van der Waals surface area contributed by atoms with Gasteiger partial charge in [0.2, 0.25) is 5.91 Å². The minimum absolute atomic E-state index is 0.00198. The third kappa shape index (κ3) is 5.18. The quantitative estimate of drug-likeness (QED) is 0.539. The normalized spacial score (nSPS) is 14.2. The maximum atomic E-state index is 12.6. The zero-order chi connectivity index (χ0) is 17.8. The number of halogens is 3. The zero-order valence-corrected chi connectivity index (χ0v) is 12.0. The summed E-state index contributed by atoms with van der Waals surface area (Å²) in [7, 11) is 0. The van der Waals surface area contributed by atoms with Crippen molar-refractivity contribution in [2.45, 2.75) is 31.7 Å². The lowest BCUT2D eigenvalue weighted by atomic mass is 9.98. The monoisotopic (exact) mass is 336 g/mol. The Balaban J connectivity index is 3.01. The van der Waals surface area contributed by atoms with E-state index in [9.17, 15) is 38.3 Å². The predicted octanol–water partition coefficient (Wildman–Crippen LogP) is 1.53. The highest BCUT2D eigenvalue weighted by Gasteiger charge is 2.34. The predicted molar refractivity (Wildman–Crippen MR) is 72.4 cm³/mol. The van der Waals surface area contributed by atoms with E-state index >= 15 is 0 Å². The number of nitrogens with one attached hydrogen (secondary N) is 1. The van der Waals surface area contributed by atoms with Gasteiger partial charge in [-0.3, -0.25) is 14.9 Å². The van der Waals surface area contributed by atoms with E-state index in [0.29, 0.717) is 12.1 Å². The molecule has 3 N–H and O–H groups in total. The summed E-state index contributed by atoms with van der Waals surface area (Å²) in [5.74, 6) is -0.368. The van der Waals surface area contributed by atoms with Crippen LogP contribution in [0.15, 0.2) is 18.2 Å². The lowest BCUT2D eigenvalue weighted by molar-refractivity contribution is -0.386. The molecule has 0 fully saturated rings. The number of amides is 1. The number of aliphatic hydroxyl groups excluding tert-OH is 2. The summed E-state index contributed by atoms with van der Waals surface area (Å²) in [5, 5.41) is 33.0. The second kappa shape index (κ2) is 7.38. The van der Waals surface area contributed by atoms with Crippen molar-refractivity contribution in [3.63, 3.8) is 0 Å². The number of carbonyl (C=O) groups excluding carboxylic acids is 1. The van der Waals surface area contributed by atoms with Gasteiger partial charge in [-0.15, -0.1) is 0 Å². The molecule has 0 saturated heterocycles. The molecule has 0 aromatic heterocycles. The first-order valence-corrected chi connectivity index (χ1v) is 6.50. The van der Waals surface area contributed by atoms with Crippen LogP contribution in [0, 0.1) is 10.1 Å². The van der Waals surface area contributed by atoms with Crippen LogP contribution in [0.2, 0.25) is 0 Å². The standard InChI is InChI=1S/C13H15F3N2O5/c1-7(19)17-5-4-11(20)12(21)9-3-2-8(13(14,15)16)6-10(9)18(22)23/h2-3,6,11-12,20-21H,4-5H2,1H3,(H,17,19). The Morgan fingerprint density at radius 3 is 2.48 bits per heavy atom. The molecule has 0 radical (unpaired) electrons. The van der Waals surface area contributed by atoms with Crippen LogP contribution in [0.4, 0.5) is 18.9 Å². The van der Waals surface area contributed by atoms with Gasteiger partial charge in [-0.25, -0.2) is 0 Å². The van der Waals surface area contributed by atoms with E-state index in [0.717, 1.165) is 6.07 Å². The molecular weight excluding hydrogens is 321 g/mol. The molecule has 0 saturated carbocycles. The van der Waals surface area contributed by atoms with Crippen LogP contribution in [0.25, 0.3) is 0 Å². The fourth-order valence-corrected chi connectivity index (χ4v) is 1.89. The lowest BCUT2D eigenvalue weighted by Gasteiger charge is -2.19. The minimum Gasteiger partial charge on any atom is -0.390 e. The number of aliphatic hydroxyl groups is 2. The second-order valence-corrected chi connectivity index (χ2v) is 4.81. The maximum Gasteiger partial charge on any atom is 0.416 e. The molecule has 0 heterocycles. The van der Waals surface area contributed by atoms with Crippen molar-refractivity contribution in [2.24, 2.45) is 0 Å². The molecule has 1 rings (SSSR count). The Labute approximate surface area is 128 Å². The molecule has 1 amide bonds. The summed E-state index contributed by atoms with van der Waals surface area (Å²) in [6.45, 7) is 1.24. The van der Waals surface area contributed by atoms with Gasteiger partial charge < -0.3 is 15.5 Å². The number of benzene rings is 1. The van der Waals surface area contributed by atoms with E-state index in [2.05, 4.69) is 5.32 Å². The molecule has 7 nitrogen and oxygen atoms in total. The van der Waals surface area contributed by atoms with Crippen molar-refractivity contribution in [1.82, 2.24) is 5.32 Å². The molecule has 23 heavy (non-hydrogen) atoms. The summed E-state index contributed by atoms with van der Waals surface area (Å²) < 4.78 is 37.8. The molecule has 0 spiro atoms. The second-order valence-electron chi connectivity index (χ2n) is 4.81. The highest BCUT2D eigenvalue weighted by Crippen LogP contribution is 2.35. The van der Waals surface area contributed by atoms with E-state index in [1.165, 1.54) is 6.92 Å². The number of hydrogen-bond donors (Lipinski definition) is 3. The molecule has 2 unspecified atom stereocenters. The summed E-state index contributed by atoms with van der Waals surface area (Å²) >= 11 is 0. The number of carbonyl (C=O) groups is 1. The van der Waals surface area contributed by atoms with Crippen molar-refractivity contribution in [1.29, 1.82) is 0 Å². The van der Waals surface area contributed by atoms with Gasteiger partial charge in [-0.2, -0.15) is 13.2 Å². The summed E-state index contributed by atoms with van der Waals surface area (Å²) in [5.41, 5.74) is -2.60. The molecule has 1 aromatic rings. The topological polar surface area (TPSA) is 113 Å². The Hall–Kier alpha value is -2.20. The fraction of sp³-hybridized carbons (Fsp3) is 0.462. The number of nitro groups is 1. The Bertz CT molecular complexity index is 591. The average Bonchev–Trinajstić information content (AvgIpc) is 2.44. The van der Waals surface area contributed by atoms with Crippen molar-refractivity contribution >= 4 is 11.6 Å². The third-order valence-electron chi connectivity index (χ3n) is 3.05. The van der Waals surface area contributed by atoms with Crippen molar-refractivity contribution in [3.8, 4) is 0 Å². The largest absolute Gasteiger partial charge is 0.416 e. The third-order valence-corrected chi connectivity index (χ3v) is 3.05. The number of rotatable bonds is 6. The Kier molecular flexibility index (Phi) is 6.05. The van der Waals surface area contributed by atoms with Gasteiger partial charge in [0.1, 0.15) is 6.10 Å². The number of nitrogens with zero attached hydrogens (tertiary/aromatic N) is 1. The van der Waals surface area contributed by atoms with Gasteiger partial charge >= 0.3 is 6.18 Å². The summed E-state index contributed by atoms with van der Waals surface area (Å²) in [4.78, 5) is 20.5. The number of hydrogen-bond acceptors (Lipinski definition) is 5. The first-order chi connectivity index (χ1) is 10.5. The molecule has 2 atom stereocenters. The zero-order valence-electron chi connectivity index (χ0n) is 12.0. The summed E-state index contributed by atoms with van der Waals surface area (Å²) in [6, 6.07) is 1.65. The van der Waals surface area contributed by atoms with Gasteiger partial charge in [0, 0.05) is 19.5 Å². The van der Waals surface area contributed by atoms with Crippen LogP contribution in [0.5, 0.6) is 0 Å². The Morgan fingerprint density at radius 2 is 2.00 bits per heavy atom. The van der Waals surface area contributed by atoms with Crippen molar-refractivity contribution in [2.75, 3.05) is 6.54 Å². The van der Waals surface area contributed by atoms with Crippen LogP contribution >= 0.6 is 0 Å². The molecule has 0 aliphatic rings. The number of alkyl halides is 3. The molecule has 0 bridgehead atoms. The lowest BCUT2D eigenvalue weighted by Crippen LogP contribution is -2.28. The maximum absolute atomic E-state index is 12.6. The number of nitro benzene ring substituents is 1. The molecule has 0 aliphatic heterocycles. The van der Waals surface area contributed by atoms with Gasteiger partial charge in [0.25, 0.3) is 5.69 Å². The minimum atomic E-state index is -4.77. The van der Waals surface area contributed by atoms with Gasteiger partial charge in [-0.1, -0.05) is 0 Å². The molecule has 0 aliphatic carbocycles. The van der Waals surface area contributed by atoms with E-state index < -0.39 is 40.1 Å². The van der Waals surface area contributed by atoms with Crippen LogP contribution in [-0.2, 0) is 11.0 Å². The van der Waals surface area contributed by atoms with Crippen LogP contribution < -0.4 is 5.32 Å². The average molecular weight is 336 g/mol. The first kappa shape index (κ1) is 18.8. The molecule has 1 aromatic carbocycles. The van der Waals surface area contributed by atoms with Crippen LogP contribution in [0.1, 0.15) is 30.6 Å². The van der Waals surface area contributed by atoms with E-state index in [-0.39, 0.29) is 18.9 Å². The van der Waals surface area contributed by atoms with Gasteiger partial charge in [0.15, 0.2) is 0 Å². The Morgan fingerprint density at radius 1 is 1.39 bits per heavy atom. The fourth-order valence-electron chi connectivity index (χ4n) is 1.89. The van der Waals surface area contributed by atoms with Gasteiger partial charge in [0.05, 0.1) is 22.2 Å². The molecule has 128 valence electrons. The van der Waals surface area contributed by atoms with E-state index in [1.54, 1.807) is 0 Å². The SMILES string of the molecule is CC(=O)NCCC(O)C(O)c1ccc(C(F)(F)F)cc1[N+](=O)[O-]. The van der Waals surface area contributed by atoms with E-state index in [1.807, 2.05) is 0 Å². The van der Waals surface area contributed by atoms with Crippen molar-refractivity contribution in [3.05, 3.63) is 39.4 Å². The van der Waals surface area contributed by atoms with Crippen LogP contribution in [0.3, 0.4) is 0 Å². The molecule has 10 heteroatoms. The van der Waals surface area contributed by atoms with Crippen molar-refractivity contribution < 1.29 is 33.1 Å². The highest BCUT2D eigenvalue weighted by molar-refractivity contribution is 5.72. The van der Waals surface area contributed by atoms with E-state index in [4.69, 9.17) is 0 Å².